The minimum Gasteiger partial charge on any atom is -0.324 e. The molecule has 2 aromatic carbocycles. The molecule has 0 spiro atoms. The fourth-order valence-corrected chi connectivity index (χ4v) is 3.00. The SMILES string of the molecule is CC(C)c1nc(Nc2nc3ccccc3[nH]2)nc(Nc2nc3ccccc3[nH]2)n1. The molecule has 144 valence electrons. The van der Waals surface area contributed by atoms with E-state index in [1.165, 1.54) is 0 Å². The highest BCUT2D eigenvalue weighted by molar-refractivity contribution is 5.78. The molecule has 0 aliphatic heterocycles. The van der Waals surface area contributed by atoms with E-state index in [9.17, 15) is 0 Å². The van der Waals surface area contributed by atoms with Crippen molar-refractivity contribution in [2.45, 2.75) is 19.8 Å². The Morgan fingerprint density at radius 1 is 0.655 bits per heavy atom. The van der Waals surface area contributed by atoms with Gasteiger partial charge in [-0.3, -0.25) is 10.6 Å². The minimum atomic E-state index is 0.130. The van der Waals surface area contributed by atoms with Crippen molar-refractivity contribution in [2.75, 3.05) is 10.6 Å². The lowest BCUT2D eigenvalue weighted by Gasteiger charge is -2.09. The van der Waals surface area contributed by atoms with Crippen LogP contribution in [-0.2, 0) is 0 Å². The molecule has 0 saturated carbocycles. The molecule has 0 saturated heterocycles. The molecule has 29 heavy (non-hydrogen) atoms. The van der Waals surface area contributed by atoms with Crippen LogP contribution in [0.4, 0.5) is 23.8 Å². The van der Waals surface area contributed by atoms with E-state index in [1.54, 1.807) is 0 Å². The molecular weight excluding hydrogens is 366 g/mol. The van der Waals surface area contributed by atoms with Crippen molar-refractivity contribution in [2.24, 2.45) is 0 Å². The Morgan fingerprint density at radius 2 is 1.14 bits per heavy atom. The van der Waals surface area contributed by atoms with Crippen LogP contribution >= 0.6 is 0 Å². The average molecular weight is 385 g/mol. The summed E-state index contributed by atoms with van der Waals surface area (Å²) >= 11 is 0. The van der Waals surface area contributed by atoms with Crippen LogP contribution in [0, 0.1) is 0 Å². The summed E-state index contributed by atoms with van der Waals surface area (Å²) in [5.41, 5.74) is 3.62. The van der Waals surface area contributed by atoms with Gasteiger partial charge in [0, 0.05) is 5.92 Å². The maximum absolute atomic E-state index is 4.52. The molecule has 0 bridgehead atoms. The van der Waals surface area contributed by atoms with E-state index in [1.807, 2.05) is 62.4 Å². The van der Waals surface area contributed by atoms with Crippen LogP contribution in [0.3, 0.4) is 0 Å². The number of imidazole rings is 2. The molecule has 0 unspecified atom stereocenters. The minimum absolute atomic E-state index is 0.130. The second kappa shape index (κ2) is 6.86. The van der Waals surface area contributed by atoms with E-state index >= 15 is 0 Å². The first-order valence-corrected chi connectivity index (χ1v) is 9.33. The number of rotatable bonds is 5. The lowest BCUT2D eigenvalue weighted by molar-refractivity contribution is 0.766. The number of fused-ring (bicyclic) bond motifs is 2. The lowest BCUT2D eigenvalue weighted by Crippen LogP contribution is -2.09. The van der Waals surface area contributed by atoms with Crippen LogP contribution in [0.25, 0.3) is 22.1 Å². The van der Waals surface area contributed by atoms with E-state index in [2.05, 4.69) is 45.5 Å². The Bertz CT molecular complexity index is 1140. The number of anilines is 4. The molecule has 5 rings (SSSR count). The molecule has 9 nitrogen and oxygen atoms in total. The molecular formula is C20H19N9. The zero-order chi connectivity index (χ0) is 19.8. The van der Waals surface area contributed by atoms with E-state index in [0.29, 0.717) is 29.6 Å². The van der Waals surface area contributed by atoms with Gasteiger partial charge >= 0.3 is 0 Å². The molecule has 4 N–H and O–H groups in total. The summed E-state index contributed by atoms with van der Waals surface area (Å²) in [6.07, 6.45) is 0. The van der Waals surface area contributed by atoms with Crippen molar-refractivity contribution in [3.8, 4) is 0 Å². The van der Waals surface area contributed by atoms with E-state index < -0.39 is 0 Å². The highest BCUT2D eigenvalue weighted by Crippen LogP contribution is 2.21. The van der Waals surface area contributed by atoms with Gasteiger partial charge in [-0.25, -0.2) is 9.97 Å². The standard InChI is InChI=1S/C20H19N9/c1-11(2)16-25-19(27-17-21-12-7-3-4-8-13(12)22-17)29-20(26-16)28-18-23-14-9-5-6-10-15(14)24-18/h3-11H,1-2H3,(H4,21,22,23,24,25,26,27,28,29). The average Bonchev–Trinajstić information content (AvgIpc) is 3.30. The van der Waals surface area contributed by atoms with Crippen molar-refractivity contribution in [3.05, 3.63) is 54.4 Å². The van der Waals surface area contributed by atoms with Gasteiger partial charge in [0.1, 0.15) is 5.82 Å². The summed E-state index contributed by atoms with van der Waals surface area (Å²) < 4.78 is 0. The fourth-order valence-electron chi connectivity index (χ4n) is 3.00. The molecule has 9 heteroatoms. The largest absolute Gasteiger partial charge is 0.324 e. The molecule has 5 aromatic rings. The van der Waals surface area contributed by atoms with Gasteiger partial charge in [-0.2, -0.15) is 15.0 Å². The normalized spacial score (nSPS) is 11.4. The third kappa shape index (κ3) is 3.45. The van der Waals surface area contributed by atoms with Gasteiger partial charge < -0.3 is 9.97 Å². The van der Waals surface area contributed by atoms with Crippen molar-refractivity contribution in [1.29, 1.82) is 0 Å². The zero-order valence-electron chi connectivity index (χ0n) is 15.9. The number of nitrogens with zero attached hydrogens (tertiary/aromatic N) is 5. The Morgan fingerprint density at radius 3 is 1.59 bits per heavy atom. The first-order chi connectivity index (χ1) is 14.1. The van der Waals surface area contributed by atoms with Gasteiger partial charge in [-0.05, 0) is 24.3 Å². The molecule has 3 aromatic heterocycles. The topological polar surface area (TPSA) is 120 Å². The second-order valence-corrected chi connectivity index (χ2v) is 6.95. The van der Waals surface area contributed by atoms with Crippen molar-refractivity contribution in [3.63, 3.8) is 0 Å². The Labute approximate surface area is 166 Å². The highest BCUT2D eigenvalue weighted by atomic mass is 15.3. The molecule has 0 atom stereocenters. The number of aromatic amines is 2. The quantitative estimate of drug-likeness (QED) is 0.357. The predicted octanol–water partition coefficient (Wildman–Crippen LogP) is 4.23. The third-order valence-corrected chi connectivity index (χ3v) is 4.41. The van der Waals surface area contributed by atoms with Crippen LogP contribution in [0.5, 0.6) is 0 Å². The summed E-state index contributed by atoms with van der Waals surface area (Å²) in [5, 5.41) is 6.28. The van der Waals surface area contributed by atoms with Crippen LogP contribution in [0.2, 0.25) is 0 Å². The van der Waals surface area contributed by atoms with Crippen molar-refractivity contribution >= 4 is 45.9 Å². The van der Waals surface area contributed by atoms with Crippen LogP contribution in [-0.4, -0.2) is 34.9 Å². The van der Waals surface area contributed by atoms with Gasteiger partial charge in [-0.15, -0.1) is 0 Å². The van der Waals surface area contributed by atoms with Crippen LogP contribution < -0.4 is 10.6 Å². The number of aromatic nitrogens is 7. The molecule has 0 aliphatic carbocycles. The smallest absolute Gasteiger partial charge is 0.234 e. The van der Waals surface area contributed by atoms with E-state index in [4.69, 9.17) is 0 Å². The van der Waals surface area contributed by atoms with Crippen LogP contribution in [0.1, 0.15) is 25.6 Å². The highest BCUT2D eigenvalue weighted by Gasteiger charge is 2.13. The predicted molar refractivity (Wildman–Crippen MR) is 113 cm³/mol. The first kappa shape index (κ1) is 17.1. The number of hydrogen-bond acceptors (Lipinski definition) is 7. The van der Waals surface area contributed by atoms with E-state index in [-0.39, 0.29) is 5.92 Å². The summed E-state index contributed by atoms with van der Waals surface area (Å²) in [6.45, 7) is 4.07. The Balaban J connectivity index is 1.47. The molecule has 0 fully saturated rings. The van der Waals surface area contributed by atoms with Gasteiger partial charge in [0.05, 0.1) is 22.1 Å². The summed E-state index contributed by atoms with van der Waals surface area (Å²) in [7, 11) is 0. The number of H-pyrrole nitrogens is 2. The molecule has 0 aliphatic rings. The molecule has 0 radical (unpaired) electrons. The second-order valence-electron chi connectivity index (χ2n) is 6.95. The summed E-state index contributed by atoms with van der Waals surface area (Å²) in [4.78, 5) is 29.0. The fraction of sp³-hybridized carbons (Fsp3) is 0.150. The van der Waals surface area contributed by atoms with Gasteiger partial charge in [-0.1, -0.05) is 38.1 Å². The Kier molecular flexibility index (Phi) is 4.05. The maximum atomic E-state index is 4.52. The van der Waals surface area contributed by atoms with Gasteiger partial charge in [0.25, 0.3) is 0 Å². The first-order valence-electron chi connectivity index (χ1n) is 9.33. The van der Waals surface area contributed by atoms with Crippen LogP contribution in [0.15, 0.2) is 48.5 Å². The van der Waals surface area contributed by atoms with Gasteiger partial charge in [0.2, 0.25) is 23.8 Å². The summed E-state index contributed by atoms with van der Waals surface area (Å²) in [5.74, 6) is 2.74. The van der Waals surface area contributed by atoms with Crippen molar-refractivity contribution < 1.29 is 0 Å². The lowest BCUT2D eigenvalue weighted by atomic mass is 10.2. The molecule has 3 heterocycles. The van der Waals surface area contributed by atoms with Gasteiger partial charge in [0.15, 0.2) is 0 Å². The number of para-hydroxylation sites is 4. The van der Waals surface area contributed by atoms with E-state index in [0.717, 1.165) is 22.1 Å². The number of nitrogens with one attached hydrogen (secondary N) is 4. The number of benzene rings is 2. The maximum Gasteiger partial charge on any atom is 0.234 e. The zero-order valence-corrected chi connectivity index (χ0v) is 15.9. The molecule has 0 amide bonds. The monoisotopic (exact) mass is 385 g/mol. The van der Waals surface area contributed by atoms with Crippen molar-refractivity contribution in [1.82, 2.24) is 34.9 Å². The summed E-state index contributed by atoms with van der Waals surface area (Å²) in [6, 6.07) is 15.6. The third-order valence-electron chi connectivity index (χ3n) is 4.41. The Hall–Kier alpha value is -4.01. The number of hydrogen-bond donors (Lipinski definition) is 4.